The summed E-state index contributed by atoms with van der Waals surface area (Å²) >= 11 is 0. The van der Waals surface area contributed by atoms with Crippen LogP contribution in [-0.4, -0.2) is 12.5 Å². The van der Waals surface area contributed by atoms with Gasteiger partial charge in [-0.05, 0) is 42.3 Å². The molecule has 0 aliphatic heterocycles. The summed E-state index contributed by atoms with van der Waals surface area (Å²) in [7, 11) is 0. The lowest BCUT2D eigenvalue weighted by molar-refractivity contribution is -0.123. The predicted octanol–water partition coefficient (Wildman–Crippen LogP) is 2.89. The molecule has 1 atom stereocenters. The normalized spacial score (nSPS) is 11.3. The molecule has 0 unspecified atom stereocenters. The second-order valence-electron chi connectivity index (χ2n) is 4.79. The van der Waals surface area contributed by atoms with Crippen molar-refractivity contribution in [3.05, 3.63) is 65.5 Å². The third kappa shape index (κ3) is 4.32. The zero-order valence-electron chi connectivity index (χ0n) is 12.0. The van der Waals surface area contributed by atoms with Crippen LogP contribution < -0.4 is 10.1 Å². The maximum absolute atomic E-state index is 12.9. The highest BCUT2D eigenvalue weighted by molar-refractivity contribution is 5.78. The molecule has 0 aromatic heterocycles. The molecule has 2 rings (SSSR count). The van der Waals surface area contributed by atoms with Crippen LogP contribution in [0.3, 0.4) is 0 Å². The molecule has 22 heavy (non-hydrogen) atoms. The first-order chi connectivity index (χ1) is 10.6. The minimum absolute atomic E-state index is 0.192. The Kier molecular flexibility index (Phi) is 5.10. The molecule has 5 heteroatoms. The van der Waals surface area contributed by atoms with Crippen LogP contribution in [0.15, 0.2) is 48.5 Å². The van der Waals surface area contributed by atoms with Crippen molar-refractivity contribution >= 4 is 5.91 Å². The Labute approximate surface area is 128 Å². The van der Waals surface area contributed by atoms with E-state index < -0.39 is 17.8 Å². The highest BCUT2D eigenvalue weighted by Gasteiger charge is 2.14. The zero-order valence-corrected chi connectivity index (χ0v) is 12.0. The average molecular weight is 298 g/mol. The van der Waals surface area contributed by atoms with E-state index in [0.717, 1.165) is 5.56 Å². The molecule has 0 heterocycles. The third-order valence-corrected chi connectivity index (χ3v) is 3.00. The van der Waals surface area contributed by atoms with Gasteiger partial charge in [0.15, 0.2) is 6.61 Å². The summed E-state index contributed by atoms with van der Waals surface area (Å²) in [5.74, 6) is -0.225. The molecule has 1 N–H and O–H groups in total. The number of benzene rings is 2. The maximum atomic E-state index is 12.9. The number of carbonyl (C=O) groups excluding carboxylic acids is 1. The Balaban J connectivity index is 1.92. The topological polar surface area (TPSA) is 62.1 Å². The Morgan fingerprint density at radius 3 is 2.68 bits per heavy atom. The lowest BCUT2D eigenvalue weighted by Crippen LogP contribution is -2.32. The number of ether oxygens (including phenoxy) is 1. The van der Waals surface area contributed by atoms with Crippen molar-refractivity contribution in [1.82, 2.24) is 5.32 Å². The maximum Gasteiger partial charge on any atom is 0.259 e. The van der Waals surface area contributed by atoms with Crippen LogP contribution in [-0.2, 0) is 4.79 Å². The van der Waals surface area contributed by atoms with E-state index in [1.807, 2.05) is 31.2 Å². The smallest absolute Gasteiger partial charge is 0.259 e. The largest absolute Gasteiger partial charge is 0.484 e. The molecule has 0 aliphatic rings. The summed E-state index contributed by atoms with van der Waals surface area (Å²) in [6, 6.07) is 13.9. The number of nitriles is 1. The Morgan fingerprint density at radius 2 is 2.05 bits per heavy atom. The summed E-state index contributed by atoms with van der Waals surface area (Å²) in [6.07, 6.45) is 0. The number of halogens is 1. The highest BCUT2D eigenvalue weighted by Crippen LogP contribution is 2.14. The molecule has 1 amide bonds. The van der Waals surface area contributed by atoms with E-state index in [9.17, 15) is 9.18 Å². The first-order valence-electron chi connectivity index (χ1n) is 6.72. The van der Waals surface area contributed by atoms with E-state index in [-0.39, 0.29) is 6.61 Å². The van der Waals surface area contributed by atoms with E-state index in [2.05, 4.69) is 5.32 Å². The molecule has 2 aromatic rings. The molecule has 0 radical (unpaired) electrons. The van der Waals surface area contributed by atoms with Gasteiger partial charge in [0.1, 0.15) is 17.6 Å². The van der Waals surface area contributed by atoms with Crippen LogP contribution in [0.5, 0.6) is 5.75 Å². The number of amides is 1. The number of aryl methyl sites for hydroxylation is 1. The van der Waals surface area contributed by atoms with E-state index in [0.29, 0.717) is 11.3 Å². The highest BCUT2D eigenvalue weighted by atomic mass is 19.1. The first kappa shape index (κ1) is 15.5. The van der Waals surface area contributed by atoms with Gasteiger partial charge in [-0.2, -0.15) is 5.26 Å². The standard InChI is InChI=1S/C17H15FN2O2/c1-12-3-2-4-15(9-12)22-11-17(21)20-16(10-19)13-5-7-14(18)8-6-13/h2-9,16H,11H2,1H3,(H,20,21)/t16-/m1/s1. The van der Waals surface area contributed by atoms with E-state index in [1.165, 1.54) is 24.3 Å². The molecule has 0 saturated heterocycles. The monoisotopic (exact) mass is 298 g/mol. The van der Waals surface area contributed by atoms with Crippen LogP contribution >= 0.6 is 0 Å². The molecule has 0 bridgehead atoms. The van der Waals surface area contributed by atoms with Crippen LogP contribution in [0.4, 0.5) is 4.39 Å². The quantitative estimate of drug-likeness (QED) is 0.923. The van der Waals surface area contributed by atoms with Gasteiger partial charge in [-0.1, -0.05) is 24.3 Å². The van der Waals surface area contributed by atoms with Gasteiger partial charge in [-0.15, -0.1) is 0 Å². The molecule has 2 aromatic carbocycles. The zero-order chi connectivity index (χ0) is 15.9. The predicted molar refractivity (Wildman–Crippen MR) is 79.6 cm³/mol. The lowest BCUT2D eigenvalue weighted by atomic mass is 10.1. The Morgan fingerprint density at radius 1 is 1.32 bits per heavy atom. The molecule has 0 spiro atoms. The number of rotatable bonds is 5. The fraction of sp³-hybridized carbons (Fsp3) is 0.176. The lowest BCUT2D eigenvalue weighted by Gasteiger charge is -2.12. The van der Waals surface area contributed by atoms with Crippen molar-refractivity contribution in [1.29, 1.82) is 5.26 Å². The van der Waals surface area contributed by atoms with Crippen molar-refractivity contribution < 1.29 is 13.9 Å². The number of carbonyl (C=O) groups is 1. The molecular weight excluding hydrogens is 283 g/mol. The van der Waals surface area contributed by atoms with Crippen molar-refractivity contribution in [2.45, 2.75) is 13.0 Å². The van der Waals surface area contributed by atoms with E-state index >= 15 is 0 Å². The van der Waals surface area contributed by atoms with Gasteiger partial charge in [-0.3, -0.25) is 4.79 Å². The third-order valence-electron chi connectivity index (χ3n) is 3.00. The van der Waals surface area contributed by atoms with Gasteiger partial charge in [0.05, 0.1) is 6.07 Å². The average Bonchev–Trinajstić information content (AvgIpc) is 2.52. The van der Waals surface area contributed by atoms with Crippen molar-refractivity contribution in [3.63, 3.8) is 0 Å². The molecule has 112 valence electrons. The van der Waals surface area contributed by atoms with E-state index in [1.54, 1.807) is 6.07 Å². The minimum Gasteiger partial charge on any atom is -0.484 e. The van der Waals surface area contributed by atoms with Gasteiger partial charge < -0.3 is 10.1 Å². The molecule has 4 nitrogen and oxygen atoms in total. The van der Waals surface area contributed by atoms with Gasteiger partial charge >= 0.3 is 0 Å². The van der Waals surface area contributed by atoms with Crippen LogP contribution in [0.25, 0.3) is 0 Å². The summed E-state index contributed by atoms with van der Waals surface area (Å²) in [6.45, 7) is 1.73. The summed E-state index contributed by atoms with van der Waals surface area (Å²) in [4.78, 5) is 11.8. The van der Waals surface area contributed by atoms with Gasteiger partial charge in [0.25, 0.3) is 5.91 Å². The SMILES string of the molecule is Cc1cccc(OCC(=O)N[C@H](C#N)c2ccc(F)cc2)c1. The van der Waals surface area contributed by atoms with Crippen LogP contribution in [0, 0.1) is 24.1 Å². The van der Waals surface area contributed by atoms with Crippen LogP contribution in [0.1, 0.15) is 17.2 Å². The molecule has 0 saturated carbocycles. The number of nitrogens with one attached hydrogen (secondary N) is 1. The summed E-state index contributed by atoms with van der Waals surface area (Å²) in [5, 5.41) is 11.7. The van der Waals surface area contributed by atoms with Crippen LogP contribution in [0.2, 0.25) is 0 Å². The molecular formula is C17H15FN2O2. The van der Waals surface area contributed by atoms with Gasteiger partial charge in [0, 0.05) is 0 Å². The Bertz CT molecular complexity index is 693. The Hall–Kier alpha value is -2.87. The first-order valence-corrected chi connectivity index (χ1v) is 6.72. The van der Waals surface area contributed by atoms with Crippen molar-refractivity contribution in [3.8, 4) is 11.8 Å². The second kappa shape index (κ2) is 7.23. The number of hydrogen-bond acceptors (Lipinski definition) is 3. The molecule has 0 fully saturated rings. The van der Waals surface area contributed by atoms with Crippen molar-refractivity contribution in [2.75, 3.05) is 6.61 Å². The fourth-order valence-corrected chi connectivity index (χ4v) is 1.90. The molecule has 0 aliphatic carbocycles. The second-order valence-corrected chi connectivity index (χ2v) is 4.79. The van der Waals surface area contributed by atoms with Crippen molar-refractivity contribution in [2.24, 2.45) is 0 Å². The van der Waals surface area contributed by atoms with Gasteiger partial charge in [0.2, 0.25) is 0 Å². The van der Waals surface area contributed by atoms with Gasteiger partial charge in [-0.25, -0.2) is 4.39 Å². The van der Waals surface area contributed by atoms with E-state index in [4.69, 9.17) is 10.00 Å². The number of nitrogens with zero attached hydrogens (tertiary/aromatic N) is 1. The number of hydrogen-bond donors (Lipinski definition) is 1. The fourth-order valence-electron chi connectivity index (χ4n) is 1.90. The summed E-state index contributed by atoms with van der Waals surface area (Å²) in [5.41, 5.74) is 1.55. The summed E-state index contributed by atoms with van der Waals surface area (Å²) < 4.78 is 18.2. The minimum atomic E-state index is -0.839.